The van der Waals surface area contributed by atoms with Gasteiger partial charge in [0.15, 0.2) is 5.58 Å². The fourth-order valence-corrected chi connectivity index (χ4v) is 2.21. The number of oxazole rings is 1. The first kappa shape index (κ1) is 10.7. The van der Waals surface area contributed by atoms with Crippen LogP contribution in [0.3, 0.4) is 0 Å². The van der Waals surface area contributed by atoms with Crippen LogP contribution in [0, 0.1) is 6.92 Å². The largest absolute Gasteiger partial charge is 0.439 e. The molecule has 0 saturated carbocycles. The van der Waals surface area contributed by atoms with Gasteiger partial charge in [-0.1, -0.05) is 6.07 Å². The van der Waals surface area contributed by atoms with Crippen molar-refractivity contribution in [3.8, 4) is 0 Å². The minimum absolute atomic E-state index is 0.815. The zero-order chi connectivity index (χ0) is 11.7. The standard InChI is InChI=1S/C13H17N3O/c1-10-2-3-11-12(8-10)17-13(15-11)9-16-6-4-14-5-7-16/h2-3,8,14H,4-7,9H2,1H3. The maximum Gasteiger partial charge on any atom is 0.209 e. The van der Waals surface area contributed by atoms with Crippen LogP contribution in [0.25, 0.3) is 11.1 Å². The highest BCUT2D eigenvalue weighted by molar-refractivity contribution is 5.73. The van der Waals surface area contributed by atoms with Gasteiger partial charge in [-0.25, -0.2) is 4.98 Å². The second-order valence-corrected chi connectivity index (χ2v) is 4.60. The average Bonchev–Trinajstić information content (AvgIpc) is 2.71. The smallest absolute Gasteiger partial charge is 0.209 e. The molecule has 0 aliphatic carbocycles. The van der Waals surface area contributed by atoms with E-state index in [1.165, 1.54) is 5.56 Å². The molecule has 17 heavy (non-hydrogen) atoms. The van der Waals surface area contributed by atoms with E-state index in [0.717, 1.165) is 49.7 Å². The van der Waals surface area contributed by atoms with E-state index in [4.69, 9.17) is 4.42 Å². The molecule has 4 heteroatoms. The van der Waals surface area contributed by atoms with E-state index in [2.05, 4.69) is 28.2 Å². The zero-order valence-corrected chi connectivity index (χ0v) is 10.1. The predicted molar refractivity (Wildman–Crippen MR) is 66.9 cm³/mol. The summed E-state index contributed by atoms with van der Waals surface area (Å²) in [6.07, 6.45) is 0. The molecule has 1 aromatic heterocycles. The third kappa shape index (κ3) is 2.33. The number of aromatic nitrogens is 1. The molecule has 2 heterocycles. The van der Waals surface area contributed by atoms with Crippen molar-refractivity contribution in [2.24, 2.45) is 0 Å². The highest BCUT2D eigenvalue weighted by atomic mass is 16.3. The van der Waals surface area contributed by atoms with E-state index in [0.29, 0.717) is 0 Å². The van der Waals surface area contributed by atoms with Gasteiger partial charge in [-0.2, -0.15) is 0 Å². The summed E-state index contributed by atoms with van der Waals surface area (Å²) >= 11 is 0. The van der Waals surface area contributed by atoms with Crippen molar-refractivity contribution in [3.63, 3.8) is 0 Å². The fraction of sp³-hybridized carbons (Fsp3) is 0.462. The lowest BCUT2D eigenvalue weighted by Gasteiger charge is -2.25. The first-order valence-electron chi connectivity index (χ1n) is 6.10. The van der Waals surface area contributed by atoms with Gasteiger partial charge in [0.1, 0.15) is 5.52 Å². The lowest BCUT2D eigenvalue weighted by atomic mass is 10.2. The maximum absolute atomic E-state index is 5.78. The van der Waals surface area contributed by atoms with Gasteiger partial charge in [-0.15, -0.1) is 0 Å². The van der Waals surface area contributed by atoms with Gasteiger partial charge in [0.2, 0.25) is 5.89 Å². The highest BCUT2D eigenvalue weighted by Gasteiger charge is 2.13. The number of hydrogen-bond donors (Lipinski definition) is 1. The van der Waals surface area contributed by atoms with Crippen molar-refractivity contribution >= 4 is 11.1 Å². The Morgan fingerprint density at radius 2 is 2.18 bits per heavy atom. The average molecular weight is 231 g/mol. The number of nitrogens with zero attached hydrogens (tertiary/aromatic N) is 2. The molecule has 4 nitrogen and oxygen atoms in total. The molecule has 2 aromatic rings. The second-order valence-electron chi connectivity index (χ2n) is 4.60. The molecule has 1 aliphatic rings. The summed E-state index contributed by atoms with van der Waals surface area (Å²) in [5.41, 5.74) is 3.07. The predicted octanol–water partition coefficient (Wildman–Crippen LogP) is 1.54. The summed E-state index contributed by atoms with van der Waals surface area (Å²) in [4.78, 5) is 6.89. The van der Waals surface area contributed by atoms with E-state index >= 15 is 0 Å². The monoisotopic (exact) mass is 231 g/mol. The van der Waals surface area contributed by atoms with Crippen molar-refractivity contribution in [1.29, 1.82) is 0 Å². The molecule has 1 N–H and O–H groups in total. The lowest BCUT2D eigenvalue weighted by molar-refractivity contribution is 0.214. The zero-order valence-electron chi connectivity index (χ0n) is 10.1. The number of aryl methyl sites for hydroxylation is 1. The summed E-state index contributed by atoms with van der Waals surface area (Å²) in [7, 11) is 0. The van der Waals surface area contributed by atoms with E-state index in [-0.39, 0.29) is 0 Å². The summed E-state index contributed by atoms with van der Waals surface area (Å²) < 4.78 is 5.78. The molecule has 1 aliphatic heterocycles. The van der Waals surface area contributed by atoms with Crippen LogP contribution in [0.4, 0.5) is 0 Å². The first-order valence-corrected chi connectivity index (χ1v) is 6.10. The molecule has 0 radical (unpaired) electrons. The summed E-state index contributed by atoms with van der Waals surface area (Å²) in [5.74, 6) is 0.826. The molecule has 0 bridgehead atoms. The number of piperazine rings is 1. The van der Waals surface area contributed by atoms with E-state index < -0.39 is 0 Å². The van der Waals surface area contributed by atoms with Crippen molar-refractivity contribution in [1.82, 2.24) is 15.2 Å². The molecular formula is C13H17N3O. The van der Waals surface area contributed by atoms with Gasteiger partial charge in [-0.05, 0) is 24.6 Å². The van der Waals surface area contributed by atoms with Crippen LogP contribution in [0.2, 0.25) is 0 Å². The minimum Gasteiger partial charge on any atom is -0.439 e. The Bertz CT molecular complexity index is 514. The highest BCUT2D eigenvalue weighted by Crippen LogP contribution is 2.18. The minimum atomic E-state index is 0.815. The maximum atomic E-state index is 5.78. The SMILES string of the molecule is Cc1ccc2nc(CN3CCNCC3)oc2c1. The Balaban J connectivity index is 1.80. The van der Waals surface area contributed by atoms with Crippen LogP contribution in [0.1, 0.15) is 11.5 Å². The molecule has 0 atom stereocenters. The lowest BCUT2D eigenvalue weighted by Crippen LogP contribution is -2.42. The van der Waals surface area contributed by atoms with Crippen LogP contribution in [0.15, 0.2) is 22.6 Å². The van der Waals surface area contributed by atoms with Crippen LogP contribution < -0.4 is 5.32 Å². The van der Waals surface area contributed by atoms with Gasteiger partial charge >= 0.3 is 0 Å². The fourth-order valence-electron chi connectivity index (χ4n) is 2.21. The van der Waals surface area contributed by atoms with Gasteiger partial charge < -0.3 is 9.73 Å². The van der Waals surface area contributed by atoms with Gasteiger partial charge in [0, 0.05) is 26.2 Å². The third-order valence-electron chi connectivity index (χ3n) is 3.16. The second kappa shape index (κ2) is 4.47. The van der Waals surface area contributed by atoms with Crippen molar-refractivity contribution in [3.05, 3.63) is 29.7 Å². The Labute approximate surface area is 101 Å². The van der Waals surface area contributed by atoms with Gasteiger partial charge in [0.05, 0.1) is 6.54 Å². The Kier molecular flexibility index (Phi) is 2.82. The molecule has 3 rings (SSSR count). The first-order chi connectivity index (χ1) is 8.31. The summed E-state index contributed by atoms with van der Waals surface area (Å²) in [6, 6.07) is 6.14. The number of fused-ring (bicyclic) bond motifs is 1. The molecule has 0 amide bonds. The normalized spacial score (nSPS) is 17.7. The van der Waals surface area contributed by atoms with Crippen molar-refractivity contribution in [2.75, 3.05) is 26.2 Å². The molecule has 1 aromatic carbocycles. The van der Waals surface area contributed by atoms with Crippen molar-refractivity contribution in [2.45, 2.75) is 13.5 Å². The van der Waals surface area contributed by atoms with Gasteiger partial charge in [-0.3, -0.25) is 4.90 Å². The number of benzene rings is 1. The molecule has 0 unspecified atom stereocenters. The van der Waals surface area contributed by atoms with Crippen LogP contribution in [-0.4, -0.2) is 36.1 Å². The van der Waals surface area contributed by atoms with Crippen LogP contribution in [-0.2, 0) is 6.54 Å². The summed E-state index contributed by atoms with van der Waals surface area (Å²) in [6.45, 7) is 7.13. The molecule has 90 valence electrons. The molecule has 1 fully saturated rings. The topological polar surface area (TPSA) is 41.3 Å². The number of rotatable bonds is 2. The van der Waals surface area contributed by atoms with Gasteiger partial charge in [0.25, 0.3) is 0 Å². The quantitative estimate of drug-likeness (QED) is 0.851. The molecular weight excluding hydrogens is 214 g/mol. The van der Waals surface area contributed by atoms with E-state index in [1.54, 1.807) is 0 Å². The Morgan fingerprint density at radius 1 is 1.35 bits per heavy atom. The molecule has 0 spiro atoms. The Morgan fingerprint density at radius 3 is 3.00 bits per heavy atom. The van der Waals surface area contributed by atoms with Crippen LogP contribution >= 0.6 is 0 Å². The molecule has 1 saturated heterocycles. The summed E-state index contributed by atoms with van der Waals surface area (Å²) in [5, 5.41) is 3.34. The van der Waals surface area contributed by atoms with E-state index in [9.17, 15) is 0 Å². The number of hydrogen-bond acceptors (Lipinski definition) is 4. The number of nitrogens with one attached hydrogen (secondary N) is 1. The van der Waals surface area contributed by atoms with Crippen LogP contribution in [0.5, 0.6) is 0 Å². The van der Waals surface area contributed by atoms with E-state index in [1.807, 2.05) is 12.1 Å². The Hall–Kier alpha value is -1.39. The van der Waals surface area contributed by atoms with Crippen molar-refractivity contribution < 1.29 is 4.42 Å². The third-order valence-corrected chi connectivity index (χ3v) is 3.16.